The van der Waals surface area contributed by atoms with E-state index in [0.717, 1.165) is 55.3 Å². The van der Waals surface area contributed by atoms with Gasteiger partial charge in [0, 0.05) is 27.5 Å². The van der Waals surface area contributed by atoms with Gasteiger partial charge in [0.15, 0.2) is 17.5 Å². The van der Waals surface area contributed by atoms with E-state index in [4.69, 9.17) is 19.4 Å². The van der Waals surface area contributed by atoms with Gasteiger partial charge in [-0.15, -0.1) is 0 Å². The van der Waals surface area contributed by atoms with Crippen LogP contribution in [0.4, 0.5) is 0 Å². The molecule has 0 atom stereocenters. The molecule has 2 heterocycles. The zero-order chi connectivity index (χ0) is 28.6. The lowest BCUT2D eigenvalue weighted by atomic mass is 9.94. The van der Waals surface area contributed by atoms with Crippen molar-refractivity contribution < 1.29 is 4.42 Å². The van der Waals surface area contributed by atoms with Crippen LogP contribution in [0, 0.1) is 0 Å². The Bertz CT molecular complexity index is 2170. The minimum absolute atomic E-state index is 0.623. The quantitative estimate of drug-likeness (QED) is 0.214. The molecule has 6 aromatic carbocycles. The maximum atomic E-state index is 6.36. The molecule has 202 valence electrons. The Labute approximate surface area is 249 Å². The molecule has 0 saturated heterocycles. The summed E-state index contributed by atoms with van der Waals surface area (Å²) in [6.45, 7) is 0. The summed E-state index contributed by atoms with van der Waals surface area (Å²) >= 11 is 0. The average Bonchev–Trinajstić information content (AvgIpc) is 3.47. The summed E-state index contributed by atoms with van der Waals surface area (Å²) in [4.78, 5) is 14.9. The molecule has 43 heavy (non-hydrogen) atoms. The molecule has 0 aliphatic carbocycles. The van der Waals surface area contributed by atoms with Gasteiger partial charge in [0.2, 0.25) is 0 Å². The van der Waals surface area contributed by atoms with Crippen molar-refractivity contribution in [3.05, 3.63) is 152 Å². The number of hydrogen-bond donors (Lipinski definition) is 0. The van der Waals surface area contributed by atoms with E-state index < -0.39 is 0 Å². The molecule has 0 aliphatic heterocycles. The average molecular weight is 552 g/mol. The van der Waals surface area contributed by atoms with Crippen LogP contribution < -0.4 is 0 Å². The van der Waals surface area contributed by atoms with Gasteiger partial charge in [0.05, 0.1) is 0 Å². The summed E-state index contributed by atoms with van der Waals surface area (Å²) in [5.74, 6) is 1.90. The molecule has 4 nitrogen and oxygen atoms in total. The van der Waals surface area contributed by atoms with Gasteiger partial charge >= 0.3 is 0 Å². The molecule has 0 spiro atoms. The Morgan fingerprint density at radius 2 is 0.884 bits per heavy atom. The zero-order valence-corrected chi connectivity index (χ0v) is 23.2. The second-order valence-electron chi connectivity index (χ2n) is 10.4. The van der Waals surface area contributed by atoms with Gasteiger partial charge in [-0.2, -0.15) is 0 Å². The second kappa shape index (κ2) is 10.5. The number of benzene rings is 6. The summed E-state index contributed by atoms with van der Waals surface area (Å²) in [5, 5.41) is 2.15. The van der Waals surface area contributed by atoms with E-state index >= 15 is 0 Å². The Morgan fingerprint density at radius 3 is 1.53 bits per heavy atom. The molecule has 0 unspecified atom stereocenters. The van der Waals surface area contributed by atoms with Gasteiger partial charge in [0.25, 0.3) is 0 Å². The van der Waals surface area contributed by atoms with E-state index in [1.807, 2.05) is 84.9 Å². The maximum Gasteiger partial charge on any atom is 0.164 e. The summed E-state index contributed by atoms with van der Waals surface area (Å²) in [6, 6.07) is 51.5. The van der Waals surface area contributed by atoms with Gasteiger partial charge in [-0.05, 0) is 40.5 Å². The fraction of sp³-hybridized carbons (Fsp3) is 0. The third kappa shape index (κ3) is 4.55. The minimum atomic E-state index is 0.623. The van der Waals surface area contributed by atoms with Gasteiger partial charge in [-0.1, -0.05) is 133 Å². The summed E-state index contributed by atoms with van der Waals surface area (Å²) in [6.07, 6.45) is 0. The van der Waals surface area contributed by atoms with Crippen LogP contribution in [0.2, 0.25) is 0 Å². The number of fused-ring (bicyclic) bond motifs is 3. The predicted octanol–water partition coefficient (Wildman–Crippen LogP) is 10.1. The Morgan fingerprint density at radius 1 is 0.349 bits per heavy atom. The van der Waals surface area contributed by atoms with Crippen molar-refractivity contribution >= 4 is 21.9 Å². The van der Waals surface area contributed by atoms with Gasteiger partial charge < -0.3 is 4.42 Å². The molecule has 0 radical (unpaired) electrons. The third-order valence-corrected chi connectivity index (χ3v) is 7.76. The normalized spacial score (nSPS) is 11.3. The fourth-order valence-electron chi connectivity index (χ4n) is 5.70. The highest BCUT2D eigenvalue weighted by Gasteiger charge is 2.19. The molecule has 0 amide bonds. The summed E-state index contributed by atoms with van der Waals surface area (Å²) in [7, 11) is 0. The smallest absolute Gasteiger partial charge is 0.164 e. The Balaban J connectivity index is 1.36. The lowest BCUT2D eigenvalue weighted by Crippen LogP contribution is -2.01. The van der Waals surface area contributed by atoms with Crippen molar-refractivity contribution in [1.82, 2.24) is 15.0 Å². The van der Waals surface area contributed by atoms with E-state index in [0.29, 0.717) is 17.5 Å². The van der Waals surface area contributed by atoms with Crippen molar-refractivity contribution in [3.8, 4) is 56.4 Å². The van der Waals surface area contributed by atoms with Gasteiger partial charge in [0.1, 0.15) is 11.2 Å². The van der Waals surface area contributed by atoms with Crippen LogP contribution in [0.1, 0.15) is 0 Å². The van der Waals surface area contributed by atoms with E-state index in [9.17, 15) is 0 Å². The SMILES string of the molecule is c1ccc(-c2ccc3oc4cccc(-c5ccccc5-c5nc(-c6ccccc6)nc(-c6ccccc6)n5)c4c3c2)cc1. The lowest BCUT2D eigenvalue weighted by molar-refractivity contribution is 0.669. The number of furan rings is 1. The van der Waals surface area contributed by atoms with E-state index in [1.54, 1.807) is 0 Å². The summed E-state index contributed by atoms with van der Waals surface area (Å²) < 4.78 is 6.36. The lowest BCUT2D eigenvalue weighted by Gasteiger charge is -2.13. The third-order valence-electron chi connectivity index (χ3n) is 7.76. The van der Waals surface area contributed by atoms with Crippen LogP contribution in [-0.2, 0) is 0 Å². The molecule has 0 N–H and O–H groups in total. The second-order valence-corrected chi connectivity index (χ2v) is 10.4. The van der Waals surface area contributed by atoms with Crippen LogP contribution in [-0.4, -0.2) is 15.0 Å². The molecule has 0 aliphatic rings. The monoisotopic (exact) mass is 551 g/mol. The fourth-order valence-corrected chi connectivity index (χ4v) is 5.70. The van der Waals surface area contributed by atoms with Crippen LogP contribution in [0.25, 0.3) is 78.4 Å². The number of aromatic nitrogens is 3. The largest absolute Gasteiger partial charge is 0.456 e. The molecule has 0 bridgehead atoms. The van der Waals surface area contributed by atoms with Crippen molar-refractivity contribution in [2.45, 2.75) is 0 Å². The van der Waals surface area contributed by atoms with Gasteiger partial charge in [-0.3, -0.25) is 0 Å². The molecule has 8 rings (SSSR count). The first-order valence-corrected chi connectivity index (χ1v) is 14.3. The Hall–Kier alpha value is -5.87. The summed E-state index contributed by atoms with van der Waals surface area (Å²) in [5.41, 5.74) is 8.94. The minimum Gasteiger partial charge on any atom is -0.456 e. The standard InChI is InChI=1S/C39H25N3O/c1-4-13-26(14-5-1)29-23-24-34-33(25-29)36-31(21-12-22-35(36)43-34)30-19-10-11-20-32(30)39-41-37(27-15-6-2-7-16-27)40-38(42-39)28-17-8-3-9-18-28/h1-25H. The van der Waals surface area contributed by atoms with Crippen LogP contribution >= 0.6 is 0 Å². The van der Waals surface area contributed by atoms with Crippen LogP contribution in [0.3, 0.4) is 0 Å². The van der Waals surface area contributed by atoms with Crippen molar-refractivity contribution in [2.75, 3.05) is 0 Å². The maximum absolute atomic E-state index is 6.36. The topological polar surface area (TPSA) is 51.8 Å². The first kappa shape index (κ1) is 24.9. The zero-order valence-electron chi connectivity index (χ0n) is 23.2. The molecule has 8 aromatic rings. The highest BCUT2D eigenvalue weighted by atomic mass is 16.3. The van der Waals surface area contributed by atoms with Crippen LogP contribution in [0.5, 0.6) is 0 Å². The van der Waals surface area contributed by atoms with E-state index in [1.165, 1.54) is 5.56 Å². The molecule has 0 fully saturated rings. The number of rotatable bonds is 5. The predicted molar refractivity (Wildman–Crippen MR) is 174 cm³/mol. The number of hydrogen-bond acceptors (Lipinski definition) is 4. The van der Waals surface area contributed by atoms with E-state index in [-0.39, 0.29) is 0 Å². The van der Waals surface area contributed by atoms with Crippen molar-refractivity contribution in [1.29, 1.82) is 0 Å². The van der Waals surface area contributed by atoms with Crippen molar-refractivity contribution in [3.63, 3.8) is 0 Å². The van der Waals surface area contributed by atoms with Crippen LogP contribution in [0.15, 0.2) is 156 Å². The van der Waals surface area contributed by atoms with Gasteiger partial charge in [-0.25, -0.2) is 15.0 Å². The van der Waals surface area contributed by atoms with Crippen molar-refractivity contribution in [2.24, 2.45) is 0 Å². The molecular weight excluding hydrogens is 526 g/mol. The Kier molecular flexibility index (Phi) is 6.08. The highest BCUT2D eigenvalue weighted by molar-refractivity contribution is 6.14. The first-order chi connectivity index (χ1) is 21.3. The molecular formula is C39H25N3O. The molecule has 4 heteroatoms. The first-order valence-electron chi connectivity index (χ1n) is 14.3. The number of nitrogens with zero attached hydrogens (tertiary/aromatic N) is 3. The highest BCUT2D eigenvalue weighted by Crippen LogP contribution is 2.41. The molecule has 0 saturated carbocycles. The van der Waals surface area contributed by atoms with E-state index in [2.05, 4.69) is 66.7 Å². The molecule has 2 aromatic heterocycles.